The Balaban J connectivity index is 2.82. The van der Waals surface area contributed by atoms with Gasteiger partial charge < -0.3 is 15.9 Å². The zero-order valence-corrected chi connectivity index (χ0v) is 6.94. The molecule has 0 amide bonds. The highest BCUT2D eigenvalue weighted by atomic mass is 16.3. The topological polar surface area (TPSA) is 66.5 Å². The zero-order valence-electron chi connectivity index (χ0n) is 6.94. The molecule has 0 aliphatic rings. The maximum absolute atomic E-state index is 9.16. The fourth-order valence-electron chi connectivity index (χ4n) is 0.975. The molecule has 0 aromatic heterocycles. The van der Waals surface area contributed by atoms with E-state index in [-0.39, 0.29) is 11.8 Å². The predicted octanol–water partition coefficient (Wildman–Crippen LogP) is 0.773. The minimum Gasteiger partial charge on any atom is -0.508 e. The van der Waals surface area contributed by atoms with Gasteiger partial charge in [-0.1, -0.05) is 12.1 Å². The Labute approximate surface area is 71.5 Å². The van der Waals surface area contributed by atoms with E-state index >= 15 is 0 Å². The molecule has 0 aliphatic carbocycles. The molecule has 0 aliphatic heterocycles. The number of nitrogens with two attached hydrogens (primary N) is 1. The number of benzene rings is 1. The molecule has 1 unspecified atom stereocenters. The van der Waals surface area contributed by atoms with Crippen molar-refractivity contribution in [3.05, 3.63) is 29.8 Å². The molecule has 12 heavy (non-hydrogen) atoms. The van der Waals surface area contributed by atoms with Crippen molar-refractivity contribution in [2.75, 3.05) is 0 Å². The van der Waals surface area contributed by atoms with Gasteiger partial charge in [-0.05, 0) is 24.6 Å². The van der Waals surface area contributed by atoms with E-state index in [0.717, 1.165) is 5.56 Å². The molecule has 0 saturated carbocycles. The summed E-state index contributed by atoms with van der Waals surface area (Å²) in [4.78, 5) is 0. The summed E-state index contributed by atoms with van der Waals surface area (Å²) in [6, 6.07) is 6.12. The van der Waals surface area contributed by atoms with Gasteiger partial charge in [-0.15, -0.1) is 0 Å². The zero-order chi connectivity index (χ0) is 9.14. The predicted molar refractivity (Wildman–Crippen MR) is 46.7 cm³/mol. The first-order chi connectivity index (χ1) is 5.61. The van der Waals surface area contributed by atoms with E-state index in [1.165, 1.54) is 0 Å². The SMILES string of the molecule is CC(O)[C@@H](N)c1ccc(O)cc1. The summed E-state index contributed by atoms with van der Waals surface area (Å²) in [7, 11) is 0. The van der Waals surface area contributed by atoms with Crippen molar-refractivity contribution in [1.29, 1.82) is 0 Å². The number of hydrogen-bond acceptors (Lipinski definition) is 3. The number of hydrogen-bond donors (Lipinski definition) is 3. The van der Waals surface area contributed by atoms with Crippen LogP contribution in [0.2, 0.25) is 0 Å². The molecule has 1 aromatic rings. The lowest BCUT2D eigenvalue weighted by atomic mass is 10.0. The van der Waals surface area contributed by atoms with Crippen LogP contribution in [0, 0.1) is 0 Å². The molecule has 66 valence electrons. The highest BCUT2D eigenvalue weighted by molar-refractivity contribution is 5.28. The lowest BCUT2D eigenvalue weighted by molar-refractivity contribution is 0.164. The van der Waals surface area contributed by atoms with Crippen molar-refractivity contribution < 1.29 is 10.2 Å². The summed E-state index contributed by atoms with van der Waals surface area (Å²) in [5.74, 6) is 0.205. The third kappa shape index (κ3) is 1.96. The van der Waals surface area contributed by atoms with Crippen LogP contribution in [0.3, 0.4) is 0 Å². The summed E-state index contributed by atoms with van der Waals surface area (Å²) in [5, 5.41) is 18.1. The molecular weight excluding hydrogens is 154 g/mol. The normalized spacial score (nSPS) is 15.6. The van der Waals surface area contributed by atoms with Crippen molar-refractivity contribution in [1.82, 2.24) is 0 Å². The van der Waals surface area contributed by atoms with Gasteiger partial charge in [-0.2, -0.15) is 0 Å². The van der Waals surface area contributed by atoms with Crippen molar-refractivity contribution >= 4 is 0 Å². The molecule has 1 rings (SSSR count). The maximum atomic E-state index is 9.16. The molecule has 0 fully saturated rings. The number of phenols is 1. The fourth-order valence-corrected chi connectivity index (χ4v) is 0.975. The first-order valence-electron chi connectivity index (χ1n) is 3.84. The van der Waals surface area contributed by atoms with Crippen LogP contribution in [0.15, 0.2) is 24.3 Å². The molecular formula is C9H13NO2. The Morgan fingerprint density at radius 3 is 2.17 bits per heavy atom. The summed E-state index contributed by atoms with van der Waals surface area (Å²) < 4.78 is 0. The van der Waals surface area contributed by atoms with Crippen LogP contribution in [-0.4, -0.2) is 16.3 Å². The van der Waals surface area contributed by atoms with Crippen LogP contribution in [0.5, 0.6) is 5.75 Å². The Hall–Kier alpha value is -1.06. The monoisotopic (exact) mass is 167 g/mol. The van der Waals surface area contributed by atoms with Crippen LogP contribution in [0.1, 0.15) is 18.5 Å². The van der Waals surface area contributed by atoms with Crippen LogP contribution in [0.25, 0.3) is 0 Å². The third-order valence-corrected chi connectivity index (χ3v) is 1.80. The molecule has 0 spiro atoms. The van der Waals surface area contributed by atoms with Gasteiger partial charge in [0.1, 0.15) is 5.75 Å². The van der Waals surface area contributed by atoms with Gasteiger partial charge in [-0.25, -0.2) is 0 Å². The summed E-state index contributed by atoms with van der Waals surface area (Å²) in [6.45, 7) is 1.64. The number of phenolic OH excluding ortho intramolecular Hbond substituents is 1. The second-order valence-corrected chi connectivity index (χ2v) is 2.86. The minimum absolute atomic E-state index is 0.205. The Morgan fingerprint density at radius 2 is 1.75 bits per heavy atom. The van der Waals surface area contributed by atoms with Crippen molar-refractivity contribution in [3.8, 4) is 5.75 Å². The smallest absolute Gasteiger partial charge is 0.115 e. The summed E-state index contributed by atoms with van der Waals surface area (Å²) in [5.41, 5.74) is 6.48. The summed E-state index contributed by atoms with van der Waals surface area (Å²) >= 11 is 0. The highest BCUT2D eigenvalue weighted by Crippen LogP contribution is 2.17. The van der Waals surface area contributed by atoms with Crippen LogP contribution in [0.4, 0.5) is 0 Å². The third-order valence-electron chi connectivity index (χ3n) is 1.80. The van der Waals surface area contributed by atoms with Crippen molar-refractivity contribution in [3.63, 3.8) is 0 Å². The molecule has 2 atom stereocenters. The molecule has 3 nitrogen and oxygen atoms in total. The Bertz CT molecular complexity index is 243. The lowest BCUT2D eigenvalue weighted by Gasteiger charge is -2.14. The highest BCUT2D eigenvalue weighted by Gasteiger charge is 2.10. The lowest BCUT2D eigenvalue weighted by Crippen LogP contribution is -2.22. The average molecular weight is 167 g/mol. The molecule has 4 N–H and O–H groups in total. The van der Waals surface area contributed by atoms with Gasteiger partial charge in [0.2, 0.25) is 0 Å². The van der Waals surface area contributed by atoms with E-state index in [2.05, 4.69) is 0 Å². The van der Waals surface area contributed by atoms with Crippen LogP contribution in [-0.2, 0) is 0 Å². The molecule has 3 heteroatoms. The first-order valence-corrected chi connectivity index (χ1v) is 3.84. The van der Waals surface area contributed by atoms with Crippen molar-refractivity contribution in [2.24, 2.45) is 5.73 Å². The van der Waals surface area contributed by atoms with Crippen molar-refractivity contribution in [2.45, 2.75) is 19.1 Å². The Morgan fingerprint density at radius 1 is 1.25 bits per heavy atom. The van der Waals surface area contributed by atoms with Crippen LogP contribution < -0.4 is 5.73 Å². The van der Waals surface area contributed by atoms with Gasteiger partial charge in [0.05, 0.1) is 12.1 Å². The molecule has 0 bridgehead atoms. The van der Waals surface area contributed by atoms with Gasteiger partial charge in [0.15, 0.2) is 0 Å². The van der Waals surface area contributed by atoms with Gasteiger partial charge in [0, 0.05) is 0 Å². The molecule has 0 heterocycles. The quantitative estimate of drug-likeness (QED) is 0.609. The van der Waals surface area contributed by atoms with E-state index in [1.807, 2.05) is 0 Å². The number of aliphatic hydroxyl groups is 1. The second kappa shape index (κ2) is 3.56. The first kappa shape index (κ1) is 9.03. The van der Waals surface area contributed by atoms with E-state index in [9.17, 15) is 0 Å². The minimum atomic E-state index is -0.574. The molecule has 0 saturated heterocycles. The standard InChI is InChI=1S/C9H13NO2/c1-6(11)9(10)7-2-4-8(12)5-3-7/h2-6,9,11-12H,10H2,1H3/t6?,9-/m1/s1. The fraction of sp³-hybridized carbons (Fsp3) is 0.333. The maximum Gasteiger partial charge on any atom is 0.115 e. The van der Waals surface area contributed by atoms with Crippen LogP contribution >= 0.6 is 0 Å². The van der Waals surface area contributed by atoms with E-state index in [1.54, 1.807) is 31.2 Å². The summed E-state index contributed by atoms with van der Waals surface area (Å²) in [6.07, 6.45) is -0.574. The number of aliphatic hydroxyl groups excluding tert-OH is 1. The van der Waals surface area contributed by atoms with Gasteiger partial charge in [-0.3, -0.25) is 0 Å². The van der Waals surface area contributed by atoms with E-state index in [4.69, 9.17) is 15.9 Å². The average Bonchev–Trinajstić information content (AvgIpc) is 2.04. The number of aromatic hydroxyl groups is 1. The van der Waals surface area contributed by atoms with Gasteiger partial charge in [0.25, 0.3) is 0 Å². The second-order valence-electron chi connectivity index (χ2n) is 2.86. The van der Waals surface area contributed by atoms with Gasteiger partial charge >= 0.3 is 0 Å². The molecule has 0 radical (unpaired) electrons. The Kier molecular flexibility index (Phi) is 2.68. The van der Waals surface area contributed by atoms with E-state index in [0.29, 0.717) is 0 Å². The number of rotatable bonds is 2. The largest absolute Gasteiger partial charge is 0.508 e. The van der Waals surface area contributed by atoms with E-state index < -0.39 is 6.10 Å². The molecule has 1 aromatic carbocycles.